The molecule has 1 N–H and O–H groups in total. The van der Waals surface area contributed by atoms with Gasteiger partial charge in [0.2, 0.25) is 0 Å². The summed E-state index contributed by atoms with van der Waals surface area (Å²) in [5.74, 6) is -0.901. The van der Waals surface area contributed by atoms with E-state index >= 15 is 0 Å². The molecular formula is C22H22N4O4. The van der Waals surface area contributed by atoms with Crippen LogP contribution in [0.2, 0.25) is 0 Å². The predicted octanol–water partition coefficient (Wildman–Crippen LogP) is 2.75. The van der Waals surface area contributed by atoms with Crippen molar-refractivity contribution in [1.29, 1.82) is 0 Å². The van der Waals surface area contributed by atoms with Crippen LogP contribution < -0.4 is 19.9 Å². The molecule has 0 aliphatic carbocycles. The first-order chi connectivity index (χ1) is 14.6. The number of nitrogens with one attached hydrogen (secondary N) is 1. The molecule has 4 amide bonds. The van der Waals surface area contributed by atoms with Crippen molar-refractivity contribution in [3.05, 3.63) is 53.9 Å². The zero-order valence-electron chi connectivity index (χ0n) is 16.6. The minimum atomic E-state index is -0.803. The summed E-state index contributed by atoms with van der Waals surface area (Å²) in [6.07, 6.45) is 7.92. The Morgan fingerprint density at radius 3 is 2.57 bits per heavy atom. The van der Waals surface area contributed by atoms with Crippen LogP contribution in [0.3, 0.4) is 0 Å². The van der Waals surface area contributed by atoms with Gasteiger partial charge in [-0.1, -0.05) is 0 Å². The Morgan fingerprint density at radius 1 is 1.07 bits per heavy atom. The van der Waals surface area contributed by atoms with Gasteiger partial charge in [-0.3, -0.25) is 19.9 Å². The Hall–Kier alpha value is -3.68. The molecule has 3 heterocycles. The third kappa shape index (κ3) is 3.76. The van der Waals surface area contributed by atoms with Crippen LogP contribution in [0, 0.1) is 0 Å². The van der Waals surface area contributed by atoms with E-state index in [2.05, 4.69) is 15.2 Å². The number of carbonyl (C=O) groups is 3. The fourth-order valence-corrected chi connectivity index (χ4v) is 3.70. The van der Waals surface area contributed by atoms with Gasteiger partial charge in [0.05, 0.1) is 19.0 Å². The first kappa shape index (κ1) is 19.6. The second kappa shape index (κ2) is 8.36. The number of hydrogen-bond donors (Lipinski definition) is 1. The second-order valence-electron chi connectivity index (χ2n) is 7.14. The van der Waals surface area contributed by atoms with Crippen molar-refractivity contribution in [3.63, 3.8) is 0 Å². The Bertz CT molecular complexity index is 1010. The lowest BCUT2D eigenvalue weighted by Gasteiger charge is -2.29. The largest absolute Gasteiger partial charge is 0.496 e. The molecule has 0 atom stereocenters. The molecule has 2 aromatic rings. The molecule has 2 aliphatic rings. The van der Waals surface area contributed by atoms with Crippen LogP contribution in [0.1, 0.15) is 24.8 Å². The molecule has 0 unspecified atom stereocenters. The lowest BCUT2D eigenvalue weighted by Crippen LogP contribution is -2.54. The summed E-state index contributed by atoms with van der Waals surface area (Å²) in [6, 6.07) is 8.07. The fraction of sp³-hybridized carbons (Fsp3) is 0.273. The number of methoxy groups -OCH3 is 1. The highest BCUT2D eigenvalue weighted by atomic mass is 16.5. The SMILES string of the molecule is COc1cc(N2CCCCC2)ccc1C=C1C(=O)NC(=O)N(c2cccnc2)C1=O. The number of imide groups is 2. The molecular weight excluding hydrogens is 384 g/mol. The van der Waals surface area contributed by atoms with Gasteiger partial charge in [-0.15, -0.1) is 0 Å². The van der Waals surface area contributed by atoms with E-state index in [1.807, 2.05) is 18.2 Å². The standard InChI is InChI=1S/C22H22N4O4/c1-30-19-13-16(25-10-3-2-4-11-25)8-7-15(19)12-18-20(27)24-22(29)26(21(18)28)17-6-5-9-23-14-17/h5-9,12-14H,2-4,10-11H2,1H3,(H,24,27,29). The smallest absolute Gasteiger partial charge is 0.336 e. The van der Waals surface area contributed by atoms with Gasteiger partial charge in [0.15, 0.2) is 0 Å². The van der Waals surface area contributed by atoms with Crippen molar-refractivity contribution in [2.45, 2.75) is 19.3 Å². The van der Waals surface area contributed by atoms with Crippen molar-refractivity contribution in [2.75, 3.05) is 30.0 Å². The molecule has 1 aromatic heterocycles. The Balaban J connectivity index is 1.68. The second-order valence-corrected chi connectivity index (χ2v) is 7.14. The maximum atomic E-state index is 13.0. The minimum Gasteiger partial charge on any atom is -0.496 e. The number of amides is 4. The number of aromatic nitrogens is 1. The monoisotopic (exact) mass is 406 g/mol. The van der Waals surface area contributed by atoms with Gasteiger partial charge in [-0.05, 0) is 49.6 Å². The number of carbonyl (C=O) groups excluding carboxylic acids is 3. The number of benzene rings is 1. The highest BCUT2D eigenvalue weighted by Crippen LogP contribution is 2.30. The third-order valence-electron chi connectivity index (χ3n) is 5.24. The first-order valence-corrected chi connectivity index (χ1v) is 9.83. The normalized spacial score (nSPS) is 18.6. The van der Waals surface area contributed by atoms with E-state index < -0.39 is 17.8 Å². The predicted molar refractivity (Wildman–Crippen MR) is 112 cm³/mol. The first-order valence-electron chi connectivity index (χ1n) is 9.83. The number of urea groups is 1. The number of rotatable bonds is 4. The molecule has 1 aromatic carbocycles. The maximum absolute atomic E-state index is 13.0. The van der Waals surface area contributed by atoms with E-state index in [1.54, 1.807) is 19.2 Å². The Morgan fingerprint density at radius 2 is 1.87 bits per heavy atom. The van der Waals surface area contributed by atoms with Crippen molar-refractivity contribution >= 4 is 35.3 Å². The summed E-state index contributed by atoms with van der Waals surface area (Å²) in [5, 5.41) is 2.21. The van der Waals surface area contributed by atoms with Crippen molar-refractivity contribution in [3.8, 4) is 5.75 Å². The number of pyridine rings is 1. The topological polar surface area (TPSA) is 91.8 Å². The average Bonchev–Trinajstić information content (AvgIpc) is 2.78. The van der Waals surface area contributed by atoms with Crippen LogP contribution in [0.15, 0.2) is 48.3 Å². The van der Waals surface area contributed by atoms with E-state index in [9.17, 15) is 14.4 Å². The van der Waals surface area contributed by atoms with Crippen molar-refractivity contribution in [1.82, 2.24) is 10.3 Å². The molecule has 30 heavy (non-hydrogen) atoms. The van der Waals surface area contributed by atoms with Crippen molar-refractivity contribution < 1.29 is 19.1 Å². The molecule has 4 rings (SSSR count). The summed E-state index contributed by atoms with van der Waals surface area (Å²) in [5.41, 5.74) is 1.76. The van der Waals surface area contributed by atoms with Gasteiger partial charge in [-0.2, -0.15) is 0 Å². The van der Waals surface area contributed by atoms with Gasteiger partial charge in [0, 0.05) is 36.6 Å². The molecule has 2 fully saturated rings. The van der Waals surface area contributed by atoms with E-state index in [0.29, 0.717) is 11.3 Å². The molecule has 154 valence electrons. The summed E-state index contributed by atoms with van der Waals surface area (Å²) in [4.78, 5) is 44.7. The number of piperidine rings is 1. The maximum Gasteiger partial charge on any atom is 0.336 e. The number of anilines is 2. The molecule has 0 saturated carbocycles. The zero-order chi connectivity index (χ0) is 21.1. The van der Waals surface area contributed by atoms with Gasteiger partial charge in [-0.25, -0.2) is 9.69 Å². The van der Waals surface area contributed by atoms with Crippen LogP contribution in [-0.4, -0.2) is 43.0 Å². The highest BCUT2D eigenvalue weighted by molar-refractivity contribution is 6.39. The summed E-state index contributed by atoms with van der Waals surface area (Å²) >= 11 is 0. The lowest BCUT2D eigenvalue weighted by molar-refractivity contribution is -0.122. The van der Waals surface area contributed by atoms with Gasteiger partial charge in [0.25, 0.3) is 11.8 Å². The van der Waals surface area contributed by atoms with Crippen LogP contribution in [-0.2, 0) is 9.59 Å². The molecule has 8 heteroatoms. The molecule has 0 radical (unpaired) electrons. The molecule has 8 nitrogen and oxygen atoms in total. The average molecular weight is 406 g/mol. The van der Waals surface area contributed by atoms with Crippen LogP contribution >= 0.6 is 0 Å². The van der Waals surface area contributed by atoms with Gasteiger partial charge >= 0.3 is 6.03 Å². The van der Waals surface area contributed by atoms with Crippen LogP contribution in [0.5, 0.6) is 5.75 Å². The number of nitrogens with zero attached hydrogens (tertiary/aromatic N) is 3. The molecule has 2 aliphatic heterocycles. The van der Waals surface area contributed by atoms with Gasteiger partial charge in [0.1, 0.15) is 11.3 Å². The van der Waals surface area contributed by atoms with E-state index in [4.69, 9.17) is 4.74 Å². The lowest BCUT2D eigenvalue weighted by atomic mass is 10.0. The Labute approximate surface area is 174 Å². The van der Waals surface area contributed by atoms with Crippen molar-refractivity contribution in [2.24, 2.45) is 0 Å². The highest BCUT2D eigenvalue weighted by Gasteiger charge is 2.37. The van der Waals surface area contributed by atoms with E-state index in [0.717, 1.165) is 36.5 Å². The summed E-state index contributed by atoms with van der Waals surface area (Å²) < 4.78 is 5.52. The van der Waals surface area contributed by atoms with E-state index in [-0.39, 0.29) is 11.3 Å². The number of barbiturate groups is 1. The number of hydrogen-bond acceptors (Lipinski definition) is 6. The summed E-state index contributed by atoms with van der Waals surface area (Å²) in [6.45, 7) is 1.99. The van der Waals surface area contributed by atoms with Gasteiger partial charge < -0.3 is 9.64 Å². The Kier molecular flexibility index (Phi) is 5.47. The minimum absolute atomic E-state index is 0.150. The van der Waals surface area contributed by atoms with Crippen LogP contribution in [0.25, 0.3) is 6.08 Å². The molecule has 0 bridgehead atoms. The van der Waals surface area contributed by atoms with E-state index in [1.165, 1.54) is 24.9 Å². The third-order valence-corrected chi connectivity index (χ3v) is 5.24. The zero-order valence-corrected chi connectivity index (χ0v) is 16.6. The van der Waals surface area contributed by atoms with Crippen LogP contribution in [0.4, 0.5) is 16.2 Å². The molecule has 0 spiro atoms. The molecule has 2 saturated heterocycles. The summed E-state index contributed by atoms with van der Waals surface area (Å²) in [7, 11) is 1.55. The fourth-order valence-electron chi connectivity index (χ4n) is 3.70. The number of ether oxygens (including phenoxy) is 1. The quantitative estimate of drug-likeness (QED) is 0.620.